The summed E-state index contributed by atoms with van der Waals surface area (Å²) in [5, 5.41) is 0. The first-order chi connectivity index (χ1) is 9.83. The first kappa shape index (κ1) is 15.1. The number of hydrogen-bond acceptors (Lipinski definition) is 4. The summed E-state index contributed by atoms with van der Waals surface area (Å²) in [6.45, 7) is 1.59. The highest BCUT2D eigenvalue weighted by Crippen LogP contribution is 2.28. The fourth-order valence-corrected chi connectivity index (χ4v) is 3.02. The van der Waals surface area contributed by atoms with Crippen LogP contribution in [0.25, 0.3) is 0 Å². The molecule has 2 aromatic rings. The minimum atomic E-state index is -3.93. The molecule has 5 nitrogen and oxygen atoms in total. The highest BCUT2D eigenvalue weighted by atomic mass is 32.2. The molecule has 0 aliphatic heterocycles. The molecule has 0 aromatic heterocycles. The molecule has 0 saturated heterocycles. The first-order valence-corrected chi connectivity index (χ1v) is 7.54. The van der Waals surface area contributed by atoms with Gasteiger partial charge in [0, 0.05) is 5.69 Å². The SMILES string of the molecule is COc1ccc(N)cc1S(=O)(=O)Nc1ccc(C)c(F)c1. The number of methoxy groups -OCH3 is 1. The zero-order valence-electron chi connectivity index (χ0n) is 11.6. The second-order valence-electron chi connectivity index (χ2n) is 4.48. The Hall–Kier alpha value is -2.28. The molecule has 2 rings (SSSR count). The molecule has 0 bridgehead atoms. The molecule has 3 N–H and O–H groups in total. The van der Waals surface area contributed by atoms with E-state index in [4.69, 9.17) is 10.5 Å². The lowest BCUT2D eigenvalue weighted by atomic mass is 10.2. The quantitative estimate of drug-likeness (QED) is 0.850. The lowest BCUT2D eigenvalue weighted by molar-refractivity contribution is 0.403. The minimum absolute atomic E-state index is 0.106. The van der Waals surface area contributed by atoms with Crippen LogP contribution < -0.4 is 15.2 Å². The smallest absolute Gasteiger partial charge is 0.265 e. The van der Waals surface area contributed by atoms with Gasteiger partial charge in [-0.25, -0.2) is 12.8 Å². The van der Waals surface area contributed by atoms with Crippen LogP contribution in [0.1, 0.15) is 5.56 Å². The van der Waals surface area contributed by atoms with Gasteiger partial charge in [-0.3, -0.25) is 4.72 Å². The Kier molecular flexibility index (Phi) is 4.04. The van der Waals surface area contributed by atoms with E-state index in [1.807, 2.05) is 0 Å². The fourth-order valence-electron chi connectivity index (χ4n) is 1.77. The molecule has 0 atom stereocenters. The van der Waals surface area contributed by atoms with Gasteiger partial charge in [-0.05, 0) is 42.8 Å². The van der Waals surface area contributed by atoms with E-state index >= 15 is 0 Å². The van der Waals surface area contributed by atoms with Crippen LogP contribution in [0, 0.1) is 12.7 Å². The maximum Gasteiger partial charge on any atom is 0.265 e. The number of nitrogens with two attached hydrogens (primary N) is 1. The zero-order chi connectivity index (χ0) is 15.6. The average Bonchev–Trinajstić information content (AvgIpc) is 2.42. The molecule has 0 aliphatic rings. The number of ether oxygens (including phenoxy) is 1. The zero-order valence-corrected chi connectivity index (χ0v) is 12.4. The van der Waals surface area contributed by atoms with Crippen molar-refractivity contribution < 1.29 is 17.5 Å². The summed E-state index contributed by atoms with van der Waals surface area (Å²) in [5.74, 6) is -0.334. The monoisotopic (exact) mass is 310 g/mol. The van der Waals surface area contributed by atoms with Crippen LogP contribution in [-0.2, 0) is 10.0 Å². The molecule has 0 amide bonds. The minimum Gasteiger partial charge on any atom is -0.495 e. The molecule has 0 saturated carbocycles. The normalized spacial score (nSPS) is 11.2. The largest absolute Gasteiger partial charge is 0.495 e. The highest BCUT2D eigenvalue weighted by Gasteiger charge is 2.20. The Labute approximate surface area is 122 Å². The average molecular weight is 310 g/mol. The van der Waals surface area contributed by atoms with Crippen LogP contribution >= 0.6 is 0 Å². The van der Waals surface area contributed by atoms with E-state index in [0.717, 1.165) is 6.07 Å². The maximum absolute atomic E-state index is 13.5. The summed E-state index contributed by atoms with van der Waals surface area (Å²) in [6, 6.07) is 8.36. The Morgan fingerprint density at radius 2 is 1.90 bits per heavy atom. The molecular formula is C14H15FN2O3S. The van der Waals surface area contributed by atoms with E-state index in [1.165, 1.54) is 37.4 Å². The van der Waals surface area contributed by atoms with E-state index in [2.05, 4.69) is 4.72 Å². The van der Waals surface area contributed by atoms with Gasteiger partial charge in [-0.1, -0.05) is 6.07 Å². The third kappa shape index (κ3) is 3.25. The molecule has 112 valence electrons. The van der Waals surface area contributed by atoms with Crippen molar-refractivity contribution in [1.82, 2.24) is 0 Å². The van der Waals surface area contributed by atoms with Crippen LogP contribution in [0.2, 0.25) is 0 Å². The molecule has 0 fully saturated rings. The number of hydrogen-bond donors (Lipinski definition) is 2. The van der Waals surface area contributed by atoms with E-state index in [1.54, 1.807) is 6.92 Å². The van der Waals surface area contributed by atoms with Gasteiger partial charge in [0.25, 0.3) is 10.0 Å². The maximum atomic E-state index is 13.5. The van der Waals surface area contributed by atoms with Crippen LogP contribution in [0.3, 0.4) is 0 Å². The highest BCUT2D eigenvalue weighted by molar-refractivity contribution is 7.92. The molecule has 0 unspecified atom stereocenters. The number of anilines is 2. The fraction of sp³-hybridized carbons (Fsp3) is 0.143. The van der Waals surface area contributed by atoms with Crippen LogP contribution in [0.5, 0.6) is 5.75 Å². The number of aryl methyl sites for hydroxylation is 1. The van der Waals surface area contributed by atoms with Crippen molar-refractivity contribution in [1.29, 1.82) is 0 Å². The number of sulfonamides is 1. The Morgan fingerprint density at radius 3 is 2.52 bits per heavy atom. The molecule has 0 heterocycles. The van der Waals surface area contributed by atoms with Gasteiger partial charge in [-0.15, -0.1) is 0 Å². The van der Waals surface area contributed by atoms with Crippen molar-refractivity contribution >= 4 is 21.4 Å². The summed E-state index contributed by atoms with van der Waals surface area (Å²) in [4.78, 5) is -0.106. The van der Waals surface area contributed by atoms with Crippen molar-refractivity contribution in [2.24, 2.45) is 0 Å². The van der Waals surface area contributed by atoms with Crippen LogP contribution in [0.4, 0.5) is 15.8 Å². The molecule has 2 aromatic carbocycles. The Bertz CT molecular complexity index is 776. The number of nitrogen functional groups attached to an aromatic ring is 1. The molecule has 0 radical (unpaired) electrons. The van der Waals surface area contributed by atoms with Crippen molar-refractivity contribution in [2.45, 2.75) is 11.8 Å². The van der Waals surface area contributed by atoms with E-state index in [-0.39, 0.29) is 22.0 Å². The summed E-state index contributed by atoms with van der Waals surface area (Å²) in [6.07, 6.45) is 0. The van der Waals surface area contributed by atoms with Gasteiger partial charge in [0.05, 0.1) is 12.8 Å². The lowest BCUT2D eigenvalue weighted by Gasteiger charge is -2.12. The van der Waals surface area contributed by atoms with E-state index < -0.39 is 15.8 Å². The van der Waals surface area contributed by atoms with Gasteiger partial charge < -0.3 is 10.5 Å². The molecule has 21 heavy (non-hydrogen) atoms. The van der Waals surface area contributed by atoms with Gasteiger partial charge >= 0.3 is 0 Å². The third-order valence-electron chi connectivity index (χ3n) is 2.90. The standard InChI is InChI=1S/C14H15FN2O3S/c1-9-3-5-11(8-12(9)15)17-21(18,19)14-7-10(16)4-6-13(14)20-2/h3-8,17H,16H2,1-2H3. The number of rotatable bonds is 4. The predicted molar refractivity (Wildman–Crippen MR) is 79.4 cm³/mol. The Morgan fingerprint density at radius 1 is 1.19 bits per heavy atom. The van der Waals surface area contributed by atoms with Crippen molar-refractivity contribution in [3.63, 3.8) is 0 Å². The molecule has 7 heteroatoms. The number of benzene rings is 2. The molecule has 0 spiro atoms. The van der Waals surface area contributed by atoms with Crippen LogP contribution in [-0.4, -0.2) is 15.5 Å². The third-order valence-corrected chi connectivity index (χ3v) is 4.30. The summed E-state index contributed by atoms with van der Waals surface area (Å²) in [5.41, 5.74) is 6.45. The number of nitrogens with one attached hydrogen (secondary N) is 1. The van der Waals surface area contributed by atoms with Gasteiger partial charge in [0.2, 0.25) is 0 Å². The second-order valence-corrected chi connectivity index (χ2v) is 6.13. The molecule has 0 aliphatic carbocycles. The lowest BCUT2D eigenvalue weighted by Crippen LogP contribution is -2.14. The van der Waals surface area contributed by atoms with Gasteiger partial charge in [0.15, 0.2) is 0 Å². The topological polar surface area (TPSA) is 81.4 Å². The van der Waals surface area contributed by atoms with Crippen molar-refractivity contribution in [2.75, 3.05) is 17.6 Å². The second kappa shape index (κ2) is 5.61. The van der Waals surface area contributed by atoms with Crippen LogP contribution in [0.15, 0.2) is 41.3 Å². The van der Waals surface area contributed by atoms with E-state index in [9.17, 15) is 12.8 Å². The predicted octanol–water partition coefficient (Wildman–Crippen LogP) is 2.53. The van der Waals surface area contributed by atoms with Gasteiger partial charge in [0.1, 0.15) is 16.5 Å². The number of halogens is 1. The van der Waals surface area contributed by atoms with Crippen molar-refractivity contribution in [3.05, 3.63) is 47.8 Å². The van der Waals surface area contributed by atoms with Crippen molar-refractivity contribution in [3.8, 4) is 5.75 Å². The van der Waals surface area contributed by atoms with Gasteiger partial charge in [-0.2, -0.15) is 0 Å². The first-order valence-electron chi connectivity index (χ1n) is 6.06. The molecular weight excluding hydrogens is 295 g/mol. The Balaban J connectivity index is 2.42. The summed E-state index contributed by atoms with van der Waals surface area (Å²) < 4.78 is 45.5. The summed E-state index contributed by atoms with van der Waals surface area (Å²) in [7, 11) is -2.57. The van der Waals surface area contributed by atoms with E-state index in [0.29, 0.717) is 5.56 Å². The summed E-state index contributed by atoms with van der Waals surface area (Å²) >= 11 is 0.